The van der Waals surface area contributed by atoms with Crippen LogP contribution >= 0.6 is 0 Å². The molecule has 0 atom stereocenters. The number of nitrogens with zero attached hydrogens (tertiary/aromatic N) is 3. The number of hydrogen-bond acceptors (Lipinski definition) is 5. The van der Waals surface area contributed by atoms with E-state index in [2.05, 4.69) is 15.4 Å². The van der Waals surface area contributed by atoms with Crippen LogP contribution in [0.3, 0.4) is 0 Å². The molecule has 0 fully saturated rings. The first-order chi connectivity index (χ1) is 9.65. The van der Waals surface area contributed by atoms with Gasteiger partial charge in [0.2, 0.25) is 5.95 Å². The van der Waals surface area contributed by atoms with E-state index < -0.39 is 5.97 Å². The third-order valence-electron chi connectivity index (χ3n) is 2.75. The van der Waals surface area contributed by atoms with Crippen molar-refractivity contribution in [2.75, 3.05) is 5.32 Å². The molecule has 0 saturated heterocycles. The van der Waals surface area contributed by atoms with Crippen LogP contribution in [0.15, 0.2) is 42.6 Å². The number of aromatic nitrogens is 3. The number of hydrogen-bond donors (Lipinski definition) is 3. The Morgan fingerprint density at radius 2 is 2.00 bits per heavy atom. The van der Waals surface area contributed by atoms with Crippen molar-refractivity contribution in [2.24, 2.45) is 0 Å². The van der Waals surface area contributed by atoms with Gasteiger partial charge in [-0.2, -0.15) is 4.98 Å². The van der Waals surface area contributed by atoms with Crippen LogP contribution in [-0.4, -0.2) is 30.8 Å². The summed E-state index contributed by atoms with van der Waals surface area (Å²) in [5.74, 6) is -0.834. The maximum absolute atomic E-state index is 11.1. The van der Waals surface area contributed by atoms with Crippen LogP contribution < -0.4 is 5.32 Å². The molecule has 0 saturated carbocycles. The largest absolute Gasteiger partial charge is 0.504 e. The number of aromatic hydroxyl groups is 1. The fourth-order valence-corrected chi connectivity index (χ4v) is 1.84. The number of benzene rings is 1. The zero-order valence-electron chi connectivity index (χ0n) is 10.2. The summed E-state index contributed by atoms with van der Waals surface area (Å²) in [5.41, 5.74) is 0.800. The minimum Gasteiger partial charge on any atom is -0.504 e. The Labute approximate surface area is 113 Å². The summed E-state index contributed by atoms with van der Waals surface area (Å²) >= 11 is 0. The van der Waals surface area contributed by atoms with E-state index in [1.807, 2.05) is 0 Å². The average molecular weight is 270 g/mol. The molecule has 0 aliphatic carbocycles. The number of carbonyl (C=O) groups is 1. The van der Waals surface area contributed by atoms with Gasteiger partial charge in [0.05, 0.1) is 11.3 Å². The zero-order chi connectivity index (χ0) is 14.1. The van der Waals surface area contributed by atoms with Crippen molar-refractivity contribution in [1.82, 2.24) is 14.6 Å². The quantitative estimate of drug-likeness (QED) is 0.672. The van der Waals surface area contributed by atoms with Gasteiger partial charge in [-0.3, -0.25) is 0 Å². The first kappa shape index (κ1) is 12.0. The lowest BCUT2D eigenvalue weighted by atomic mass is 10.2. The van der Waals surface area contributed by atoms with Gasteiger partial charge >= 0.3 is 5.97 Å². The number of carboxylic acid groups (broad SMARTS) is 1. The first-order valence-electron chi connectivity index (χ1n) is 5.79. The first-order valence-corrected chi connectivity index (χ1v) is 5.79. The molecule has 2 aromatic heterocycles. The molecule has 0 radical (unpaired) electrons. The van der Waals surface area contributed by atoms with E-state index in [4.69, 9.17) is 5.11 Å². The van der Waals surface area contributed by atoms with Crippen LogP contribution in [0.4, 0.5) is 11.6 Å². The molecular formula is C13H10N4O3. The predicted molar refractivity (Wildman–Crippen MR) is 71.3 cm³/mol. The van der Waals surface area contributed by atoms with Gasteiger partial charge in [-0.1, -0.05) is 12.1 Å². The fraction of sp³-hybridized carbons (Fsp3) is 0. The molecule has 3 N–H and O–H groups in total. The molecule has 0 aliphatic rings. The van der Waals surface area contributed by atoms with Crippen molar-refractivity contribution in [1.29, 1.82) is 0 Å². The Balaban J connectivity index is 2.02. The van der Waals surface area contributed by atoms with Crippen LogP contribution in [0, 0.1) is 0 Å². The van der Waals surface area contributed by atoms with Crippen molar-refractivity contribution in [3.8, 4) is 5.75 Å². The van der Waals surface area contributed by atoms with Gasteiger partial charge in [0.15, 0.2) is 11.4 Å². The Hall–Kier alpha value is -3.09. The number of carboxylic acids is 1. The van der Waals surface area contributed by atoms with E-state index in [0.717, 1.165) is 0 Å². The van der Waals surface area contributed by atoms with E-state index in [0.29, 0.717) is 11.3 Å². The van der Waals surface area contributed by atoms with Gasteiger partial charge in [-0.25, -0.2) is 9.31 Å². The second-order valence-corrected chi connectivity index (χ2v) is 4.07. The molecule has 3 aromatic rings. The summed E-state index contributed by atoms with van der Waals surface area (Å²) in [6, 6.07) is 9.58. The zero-order valence-corrected chi connectivity index (χ0v) is 10.2. The molecule has 0 aliphatic heterocycles. The lowest BCUT2D eigenvalue weighted by Crippen LogP contribution is -2.03. The normalized spacial score (nSPS) is 10.6. The number of anilines is 2. The monoisotopic (exact) mass is 270 g/mol. The minimum absolute atomic E-state index is 0.000398. The van der Waals surface area contributed by atoms with Crippen molar-refractivity contribution in [3.63, 3.8) is 0 Å². The second kappa shape index (κ2) is 4.54. The topological polar surface area (TPSA) is 99.8 Å². The van der Waals surface area contributed by atoms with Gasteiger partial charge in [-0.15, -0.1) is 5.10 Å². The van der Waals surface area contributed by atoms with Crippen molar-refractivity contribution >= 4 is 23.3 Å². The van der Waals surface area contributed by atoms with Gasteiger partial charge in [0.25, 0.3) is 0 Å². The second-order valence-electron chi connectivity index (χ2n) is 4.07. The molecule has 1 aromatic carbocycles. The highest BCUT2D eigenvalue weighted by atomic mass is 16.4. The molecule has 3 rings (SSSR count). The molecular weight excluding hydrogens is 260 g/mol. The highest BCUT2D eigenvalue weighted by Gasteiger charge is 2.12. The van der Waals surface area contributed by atoms with Gasteiger partial charge in [0, 0.05) is 6.20 Å². The van der Waals surface area contributed by atoms with Gasteiger partial charge in [0.1, 0.15) is 0 Å². The highest BCUT2D eigenvalue weighted by Crippen LogP contribution is 2.21. The smallest absolute Gasteiger partial charge is 0.337 e. The lowest BCUT2D eigenvalue weighted by Gasteiger charge is -2.04. The minimum atomic E-state index is -1.04. The molecule has 2 heterocycles. The number of nitrogens with one attached hydrogen (secondary N) is 1. The maximum Gasteiger partial charge on any atom is 0.337 e. The third kappa shape index (κ3) is 2.01. The SMILES string of the molecule is O=C(O)c1ccccc1Nc1nc2c(O)cccn2n1. The molecule has 20 heavy (non-hydrogen) atoms. The summed E-state index contributed by atoms with van der Waals surface area (Å²) in [7, 11) is 0. The van der Waals surface area contributed by atoms with E-state index in [1.54, 1.807) is 30.5 Å². The molecule has 100 valence electrons. The van der Waals surface area contributed by atoms with Crippen LogP contribution in [0.1, 0.15) is 10.4 Å². The number of pyridine rings is 1. The van der Waals surface area contributed by atoms with Crippen molar-refractivity contribution in [2.45, 2.75) is 0 Å². The van der Waals surface area contributed by atoms with E-state index in [-0.39, 0.29) is 17.3 Å². The number of aromatic carboxylic acids is 1. The number of fused-ring (bicyclic) bond motifs is 1. The highest BCUT2D eigenvalue weighted by molar-refractivity contribution is 5.94. The standard InChI is InChI=1S/C13H10N4O3/c18-10-6-3-7-17-11(10)15-13(16-17)14-9-5-2-1-4-8(9)12(19)20/h1-7,18H,(H,14,16)(H,19,20). The fourth-order valence-electron chi connectivity index (χ4n) is 1.84. The lowest BCUT2D eigenvalue weighted by molar-refractivity contribution is 0.0698. The summed E-state index contributed by atoms with van der Waals surface area (Å²) in [6.07, 6.45) is 1.64. The van der Waals surface area contributed by atoms with Gasteiger partial charge in [-0.05, 0) is 24.3 Å². The molecule has 0 amide bonds. The number of para-hydroxylation sites is 1. The average Bonchev–Trinajstić information content (AvgIpc) is 2.83. The van der Waals surface area contributed by atoms with Crippen molar-refractivity contribution in [3.05, 3.63) is 48.2 Å². The van der Waals surface area contributed by atoms with E-state index in [9.17, 15) is 9.90 Å². The summed E-state index contributed by atoms with van der Waals surface area (Å²) in [6.45, 7) is 0. The molecule has 0 bridgehead atoms. The van der Waals surface area contributed by atoms with Crippen LogP contribution in [0.5, 0.6) is 5.75 Å². The Morgan fingerprint density at radius 1 is 1.20 bits per heavy atom. The third-order valence-corrected chi connectivity index (χ3v) is 2.75. The van der Waals surface area contributed by atoms with Crippen LogP contribution in [-0.2, 0) is 0 Å². The number of rotatable bonds is 3. The van der Waals surface area contributed by atoms with Gasteiger partial charge < -0.3 is 15.5 Å². The summed E-state index contributed by atoms with van der Waals surface area (Å²) in [5, 5.41) is 25.7. The molecule has 0 spiro atoms. The Bertz CT molecular complexity index is 797. The molecule has 0 unspecified atom stereocenters. The molecule has 7 heteroatoms. The van der Waals surface area contributed by atoms with E-state index >= 15 is 0 Å². The predicted octanol–water partition coefficient (Wildman–Crippen LogP) is 1.88. The Morgan fingerprint density at radius 3 is 2.75 bits per heavy atom. The molecule has 7 nitrogen and oxygen atoms in total. The maximum atomic E-state index is 11.1. The van der Waals surface area contributed by atoms with Crippen LogP contribution in [0.2, 0.25) is 0 Å². The van der Waals surface area contributed by atoms with Crippen molar-refractivity contribution < 1.29 is 15.0 Å². The Kier molecular flexibility index (Phi) is 2.72. The summed E-state index contributed by atoms with van der Waals surface area (Å²) < 4.78 is 1.40. The summed E-state index contributed by atoms with van der Waals surface area (Å²) in [4.78, 5) is 15.2. The van der Waals surface area contributed by atoms with E-state index in [1.165, 1.54) is 16.6 Å². The van der Waals surface area contributed by atoms with Crippen LogP contribution in [0.25, 0.3) is 5.65 Å².